The van der Waals surface area contributed by atoms with Crippen LogP contribution in [0.25, 0.3) is 33.5 Å². The lowest BCUT2D eigenvalue weighted by atomic mass is 9.81. The Bertz CT molecular complexity index is 2370. The number of carbonyl (C=O) groups is 5. The Morgan fingerprint density at radius 2 is 1.27 bits per heavy atom. The number of benzene rings is 3. The molecule has 3 aromatic carbocycles. The lowest BCUT2D eigenvalue weighted by molar-refractivity contribution is -0.139. The van der Waals surface area contributed by atoms with E-state index in [1.165, 1.54) is 42.9 Å². The van der Waals surface area contributed by atoms with Crippen molar-refractivity contribution in [2.45, 2.75) is 109 Å². The third kappa shape index (κ3) is 8.64. The molecule has 63 heavy (non-hydrogen) atoms. The molecule has 14 heteroatoms. The molecule has 1 saturated carbocycles. The van der Waals surface area contributed by atoms with Crippen LogP contribution in [0.1, 0.15) is 107 Å². The largest absolute Gasteiger partial charge is 0.453 e. The number of amides is 5. The lowest BCUT2D eigenvalue weighted by Crippen LogP contribution is -2.54. The number of aromatic amines is 1. The van der Waals surface area contributed by atoms with E-state index < -0.39 is 30.3 Å². The number of ether oxygens (including phenoxy) is 2. The van der Waals surface area contributed by atoms with Crippen molar-refractivity contribution in [2.75, 3.05) is 32.6 Å². The second-order valence-electron chi connectivity index (χ2n) is 18.1. The number of methoxy groups -OCH3 is 2. The molecule has 4 N–H and O–H groups in total. The van der Waals surface area contributed by atoms with Gasteiger partial charge in [0.15, 0.2) is 0 Å². The Morgan fingerprint density at radius 3 is 1.89 bits per heavy atom. The number of hydrogen-bond donors (Lipinski definition) is 4. The first-order valence-corrected chi connectivity index (χ1v) is 22.4. The summed E-state index contributed by atoms with van der Waals surface area (Å²) >= 11 is 0. The second-order valence-corrected chi connectivity index (χ2v) is 18.1. The molecule has 2 saturated heterocycles. The maximum absolute atomic E-state index is 13.8. The Hall–Kier alpha value is -6.18. The minimum Gasteiger partial charge on any atom is -0.453 e. The Labute approximate surface area is 368 Å². The number of carbonyl (C=O) groups excluding carboxylic acids is 5. The summed E-state index contributed by atoms with van der Waals surface area (Å²) in [5, 5.41) is 8.47. The monoisotopic (exact) mass is 857 g/mol. The van der Waals surface area contributed by atoms with Gasteiger partial charge in [-0.15, -0.1) is 0 Å². The number of anilines is 1. The van der Waals surface area contributed by atoms with Crippen LogP contribution >= 0.6 is 0 Å². The number of nitrogens with zero attached hydrogens (tertiary/aromatic N) is 3. The predicted octanol–water partition coefficient (Wildman–Crippen LogP) is 8.13. The molecule has 3 fully saturated rings. The minimum atomic E-state index is -0.798. The van der Waals surface area contributed by atoms with Crippen molar-refractivity contribution < 1.29 is 33.4 Å². The maximum Gasteiger partial charge on any atom is 0.407 e. The van der Waals surface area contributed by atoms with E-state index in [4.69, 9.17) is 14.5 Å². The average Bonchev–Trinajstić information content (AvgIpc) is 4.15. The smallest absolute Gasteiger partial charge is 0.407 e. The third-order valence-corrected chi connectivity index (χ3v) is 13.6. The van der Waals surface area contributed by atoms with Crippen molar-refractivity contribution in [2.24, 2.45) is 11.8 Å². The zero-order valence-electron chi connectivity index (χ0n) is 37.0. The highest BCUT2D eigenvalue weighted by Crippen LogP contribution is 2.58. The molecule has 4 aromatic rings. The fourth-order valence-electron chi connectivity index (χ4n) is 10.4. The summed E-state index contributed by atoms with van der Waals surface area (Å²) in [4.78, 5) is 76.8. The number of imidazole rings is 1. The molecule has 4 aliphatic rings. The summed E-state index contributed by atoms with van der Waals surface area (Å²) in [6.45, 7) is 8.56. The van der Waals surface area contributed by atoms with Crippen LogP contribution in [-0.2, 0) is 23.9 Å². The normalized spacial score (nSPS) is 21.0. The molecule has 6 unspecified atom stereocenters. The SMILES string of the molecule is COC(=O)NC(C(=O)N1CCCC1C(=O)Nc1cccc(-c2ccc(-c3ccc(-c4cnc(C5CCCN5C(=O)C(NC(=O)OC)C(C)C)[nH]4)cc3)c3c2C2CCC3C2)c1)C(C)C. The summed E-state index contributed by atoms with van der Waals surface area (Å²) in [5.74, 6) is 0.729. The number of hydrogen-bond acceptors (Lipinski definition) is 8. The Morgan fingerprint density at radius 1 is 0.698 bits per heavy atom. The molecule has 1 aromatic heterocycles. The van der Waals surface area contributed by atoms with E-state index in [0.29, 0.717) is 43.5 Å². The minimum absolute atomic E-state index is 0.111. The molecule has 5 amide bonds. The van der Waals surface area contributed by atoms with Crippen molar-refractivity contribution in [1.82, 2.24) is 30.4 Å². The molecule has 2 aliphatic carbocycles. The molecule has 2 bridgehead atoms. The van der Waals surface area contributed by atoms with Gasteiger partial charge in [-0.3, -0.25) is 14.4 Å². The molecular formula is C49H59N7O7. The van der Waals surface area contributed by atoms with Crippen LogP contribution in [0.5, 0.6) is 0 Å². The predicted molar refractivity (Wildman–Crippen MR) is 240 cm³/mol. The highest BCUT2D eigenvalue weighted by atomic mass is 16.5. The van der Waals surface area contributed by atoms with E-state index in [0.717, 1.165) is 53.9 Å². The zero-order valence-corrected chi connectivity index (χ0v) is 37.0. The molecule has 8 rings (SSSR count). The van der Waals surface area contributed by atoms with Crippen LogP contribution < -0.4 is 16.0 Å². The van der Waals surface area contributed by atoms with E-state index in [-0.39, 0.29) is 35.6 Å². The fraction of sp³-hybridized carbons (Fsp3) is 0.469. The van der Waals surface area contributed by atoms with Gasteiger partial charge < -0.3 is 40.2 Å². The van der Waals surface area contributed by atoms with Crippen LogP contribution in [0.4, 0.5) is 15.3 Å². The first-order chi connectivity index (χ1) is 30.4. The molecule has 14 nitrogen and oxygen atoms in total. The quantitative estimate of drug-likeness (QED) is 0.111. The number of likely N-dealkylation sites (tertiary alicyclic amines) is 2. The van der Waals surface area contributed by atoms with Crippen LogP contribution in [0.2, 0.25) is 0 Å². The third-order valence-electron chi connectivity index (χ3n) is 13.6. The highest BCUT2D eigenvalue weighted by molar-refractivity contribution is 5.99. The van der Waals surface area contributed by atoms with E-state index in [1.54, 1.807) is 4.90 Å². The van der Waals surface area contributed by atoms with Gasteiger partial charge in [-0.2, -0.15) is 0 Å². The van der Waals surface area contributed by atoms with Gasteiger partial charge in [-0.05, 0) is 120 Å². The summed E-state index contributed by atoms with van der Waals surface area (Å²) in [5.41, 5.74) is 9.98. The lowest BCUT2D eigenvalue weighted by Gasteiger charge is -2.30. The van der Waals surface area contributed by atoms with Gasteiger partial charge in [0.2, 0.25) is 17.7 Å². The number of alkyl carbamates (subject to hydrolysis) is 2. The number of nitrogens with one attached hydrogen (secondary N) is 4. The van der Waals surface area contributed by atoms with E-state index >= 15 is 0 Å². The van der Waals surface area contributed by atoms with Crippen molar-refractivity contribution in [3.63, 3.8) is 0 Å². The Kier molecular flexibility index (Phi) is 12.6. The molecule has 3 heterocycles. The second kappa shape index (κ2) is 18.3. The van der Waals surface area contributed by atoms with E-state index in [9.17, 15) is 24.0 Å². The molecule has 2 aliphatic heterocycles. The van der Waals surface area contributed by atoms with Crippen molar-refractivity contribution in [3.05, 3.63) is 83.8 Å². The number of fused-ring (bicyclic) bond motifs is 5. The number of rotatable bonds is 12. The maximum atomic E-state index is 13.8. The number of H-pyrrole nitrogens is 1. The van der Waals surface area contributed by atoms with Crippen LogP contribution in [0.15, 0.2) is 66.9 Å². The van der Waals surface area contributed by atoms with Crippen molar-refractivity contribution in [3.8, 4) is 33.5 Å². The van der Waals surface area contributed by atoms with Crippen molar-refractivity contribution >= 4 is 35.6 Å². The molecule has 0 radical (unpaired) electrons. The van der Waals surface area contributed by atoms with Gasteiger partial charge in [0.25, 0.3) is 0 Å². The van der Waals surface area contributed by atoms with Gasteiger partial charge >= 0.3 is 12.2 Å². The summed E-state index contributed by atoms with van der Waals surface area (Å²) in [7, 11) is 2.56. The molecule has 0 spiro atoms. The van der Waals surface area contributed by atoms with E-state index in [1.807, 2.05) is 57.0 Å². The first kappa shape index (κ1) is 43.5. The summed E-state index contributed by atoms with van der Waals surface area (Å²) < 4.78 is 9.54. The van der Waals surface area contributed by atoms with Crippen molar-refractivity contribution in [1.29, 1.82) is 0 Å². The average molecular weight is 858 g/mol. The van der Waals surface area contributed by atoms with E-state index in [2.05, 4.69) is 63.4 Å². The zero-order chi connectivity index (χ0) is 44.5. The van der Waals surface area contributed by atoms with Gasteiger partial charge in [-0.1, -0.05) is 76.2 Å². The molecular weight excluding hydrogens is 799 g/mol. The number of aromatic nitrogens is 2. The van der Waals surface area contributed by atoms with Crippen LogP contribution in [-0.4, -0.2) is 95.1 Å². The van der Waals surface area contributed by atoms with Crippen LogP contribution in [0, 0.1) is 11.8 Å². The first-order valence-electron chi connectivity index (χ1n) is 22.4. The van der Waals surface area contributed by atoms with Gasteiger partial charge in [0.05, 0.1) is 32.2 Å². The van der Waals surface area contributed by atoms with Gasteiger partial charge in [0, 0.05) is 18.8 Å². The highest BCUT2D eigenvalue weighted by Gasteiger charge is 2.42. The molecule has 332 valence electrons. The fourth-order valence-corrected chi connectivity index (χ4v) is 10.4. The molecule has 6 atom stereocenters. The van der Waals surface area contributed by atoms with Crippen LogP contribution in [0.3, 0.4) is 0 Å². The summed E-state index contributed by atoms with van der Waals surface area (Å²) in [6, 6.07) is 18.7. The van der Waals surface area contributed by atoms with Gasteiger partial charge in [0.1, 0.15) is 23.9 Å². The standard InChI is InChI=1S/C49H59N7O7/c1-27(2)42(53-48(60)62-5)46(58)55-22-8-12-38(55)44-50-26-37(52-44)30-16-14-29(15-17-30)35-20-21-36(41-33-19-18-32(24-33)40(35)41)31-10-7-11-34(25-31)51-45(57)39-13-9-23-56(39)47(59)43(28(3)4)54-49(61)63-6/h7,10-11,14-17,20-21,25-28,32-33,38-39,42-43H,8-9,12-13,18-19,22-24H2,1-6H3,(H,50,52)(H,51,57)(H,53,60)(H,54,61). The summed E-state index contributed by atoms with van der Waals surface area (Å²) in [6.07, 6.45) is 6.85. The Balaban J connectivity index is 0.990. The topological polar surface area (TPSA) is 175 Å². The van der Waals surface area contributed by atoms with Gasteiger partial charge in [-0.25, -0.2) is 14.6 Å².